The SMILES string of the molecule is CC1(C)C[C@@H]2[C@]3(CO[C@@]24C=C[C@@H]2[C@@]5(C)CC[C@H](O[C@@H]6OC[C@H](O)[C@H](O)[C@H]6O)[C@@](C)(CO)[C@@H]5CC[C@@]2(C)[C@]4(C)CC3=O)[C@@H](O)C1. The number of ether oxygens (including phenoxy) is 3. The van der Waals surface area contributed by atoms with Crippen LogP contribution in [-0.4, -0.2) is 93.5 Å². The van der Waals surface area contributed by atoms with Crippen molar-refractivity contribution >= 4 is 5.78 Å². The molecule has 2 saturated heterocycles. The Labute approximate surface area is 261 Å². The molecule has 44 heavy (non-hydrogen) atoms. The normalized spacial score (nSPS) is 59.3. The van der Waals surface area contributed by atoms with Crippen molar-refractivity contribution in [2.75, 3.05) is 19.8 Å². The molecule has 0 aromatic heterocycles. The highest BCUT2D eigenvalue weighted by Gasteiger charge is 2.80. The van der Waals surface area contributed by atoms with Crippen molar-refractivity contribution in [2.24, 2.45) is 50.2 Å². The maximum absolute atomic E-state index is 14.3. The third kappa shape index (κ3) is 3.62. The largest absolute Gasteiger partial charge is 0.396 e. The lowest BCUT2D eigenvalue weighted by Crippen LogP contribution is -2.73. The van der Waals surface area contributed by atoms with Gasteiger partial charge in [0.2, 0.25) is 0 Å². The molecule has 7 aliphatic rings. The summed E-state index contributed by atoms with van der Waals surface area (Å²) in [4.78, 5) is 14.3. The Bertz CT molecular complexity index is 1240. The Morgan fingerprint density at radius 3 is 2.39 bits per heavy atom. The van der Waals surface area contributed by atoms with E-state index in [1.54, 1.807) is 0 Å². The van der Waals surface area contributed by atoms with Crippen LogP contribution >= 0.6 is 0 Å². The van der Waals surface area contributed by atoms with Crippen molar-refractivity contribution in [1.82, 2.24) is 0 Å². The number of ketones is 1. The van der Waals surface area contributed by atoms with E-state index < -0.39 is 58.7 Å². The van der Waals surface area contributed by atoms with Crippen LogP contribution in [0.1, 0.15) is 86.5 Å². The highest BCUT2D eigenvalue weighted by Crippen LogP contribution is 2.78. The van der Waals surface area contributed by atoms with Gasteiger partial charge in [-0.1, -0.05) is 53.7 Å². The molecule has 9 nitrogen and oxygen atoms in total. The van der Waals surface area contributed by atoms with Gasteiger partial charge in [-0.3, -0.25) is 4.79 Å². The van der Waals surface area contributed by atoms with E-state index in [0.29, 0.717) is 19.3 Å². The highest BCUT2D eigenvalue weighted by molar-refractivity contribution is 5.89. The maximum atomic E-state index is 14.3. The first-order chi connectivity index (χ1) is 20.5. The summed E-state index contributed by atoms with van der Waals surface area (Å²) in [5.41, 5.74) is -3.08. The topological polar surface area (TPSA) is 146 Å². The molecule has 0 unspecified atom stereocenters. The number of hydrogen-bond acceptors (Lipinski definition) is 9. The van der Waals surface area contributed by atoms with Gasteiger partial charge in [0.1, 0.15) is 24.1 Å². The molecule has 7 rings (SSSR count). The molecule has 4 saturated carbocycles. The number of rotatable bonds is 3. The van der Waals surface area contributed by atoms with E-state index in [2.05, 4.69) is 53.7 Å². The Morgan fingerprint density at radius 2 is 1.68 bits per heavy atom. The Hall–Kier alpha value is -0.910. The number of fused-ring (bicyclic) bond motifs is 4. The smallest absolute Gasteiger partial charge is 0.186 e. The molecule has 2 aliphatic heterocycles. The highest BCUT2D eigenvalue weighted by atomic mass is 16.7. The van der Waals surface area contributed by atoms with Crippen LogP contribution in [0.4, 0.5) is 0 Å². The van der Waals surface area contributed by atoms with Crippen molar-refractivity contribution in [2.45, 2.75) is 129 Å². The second-order valence-corrected chi connectivity index (χ2v) is 17.6. The van der Waals surface area contributed by atoms with E-state index in [1.807, 2.05) is 0 Å². The molecule has 6 fully saturated rings. The summed E-state index contributed by atoms with van der Waals surface area (Å²) in [6.07, 6.45) is 3.60. The number of carbonyl (C=O) groups excluding carboxylic acids is 1. The molecular formula is C35H54O9. The predicted octanol–water partition coefficient (Wildman–Crippen LogP) is 2.74. The molecule has 5 N–H and O–H groups in total. The summed E-state index contributed by atoms with van der Waals surface area (Å²) in [5.74, 6) is 0.325. The fraction of sp³-hybridized carbons (Fsp3) is 0.914. The lowest BCUT2D eigenvalue weighted by Gasteiger charge is -2.72. The first-order valence-electron chi connectivity index (χ1n) is 16.9. The van der Waals surface area contributed by atoms with Crippen LogP contribution in [0, 0.1) is 50.2 Å². The first kappa shape index (κ1) is 31.7. The Morgan fingerprint density at radius 1 is 0.955 bits per heavy atom. The molecule has 0 aromatic rings. The second-order valence-electron chi connectivity index (χ2n) is 17.6. The molecule has 0 radical (unpaired) electrons. The Kier molecular flexibility index (Phi) is 6.90. The van der Waals surface area contributed by atoms with Gasteiger partial charge in [-0.05, 0) is 66.6 Å². The van der Waals surface area contributed by atoms with E-state index in [4.69, 9.17) is 14.2 Å². The molecule has 0 aromatic carbocycles. The number of carbonyl (C=O) groups is 1. The Balaban J connectivity index is 1.25. The zero-order chi connectivity index (χ0) is 31.9. The van der Waals surface area contributed by atoms with Gasteiger partial charge in [0, 0.05) is 23.2 Å². The van der Waals surface area contributed by atoms with Gasteiger partial charge in [0.25, 0.3) is 0 Å². The molecule has 248 valence electrons. The van der Waals surface area contributed by atoms with E-state index in [-0.39, 0.29) is 59.6 Å². The lowest BCUT2D eigenvalue weighted by molar-refractivity contribution is -0.313. The molecular weight excluding hydrogens is 564 g/mol. The van der Waals surface area contributed by atoms with Crippen molar-refractivity contribution in [3.63, 3.8) is 0 Å². The fourth-order valence-electron chi connectivity index (χ4n) is 12.5. The summed E-state index contributed by atoms with van der Waals surface area (Å²) in [5, 5.41) is 53.3. The molecule has 9 heteroatoms. The van der Waals surface area contributed by atoms with E-state index >= 15 is 0 Å². The summed E-state index contributed by atoms with van der Waals surface area (Å²) < 4.78 is 18.9. The number of Topliss-reactive ketones (excluding diaryl/α,β-unsaturated/α-hetero) is 1. The zero-order valence-electron chi connectivity index (χ0n) is 27.3. The van der Waals surface area contributed by atoms with Crippen LogP contribution in [0.25, 0.3) is 0 Å². The molecule has 15 atom stereocenters. The van der Waals surface area contributed by atoms with Crippen LogP contribution in [-0.2, 0) is 19.0 Å². The third-order valence-electron chi connectivity index (χ3n) is 15.2. The summed E-state index contributed by atoms with van der Waals surface area (Å²) in [6, 6.07) is 0. The van der Waals surface area contributed by atoms with E-state index in [1.165, 1.54) is 0 Å². The van der Waals surface area contributed by atoms with Crippen LogP contribution in [0.5, 0.6) is 0 Å². The number of hydrogen-bond donors (Lipinski definition) is 5. The minimum absolute atomic E-state index is 0.0674. The minimum atomic E-state index is -1.38. The molecule has 5 aliphatic carbocycles. The molecule has 1 spiro atoms. The van der Waals surface area contributed by atoms with Crippen molar-refractivity contribution in [3.05, 3.63) is 12.2 Å². The molecule has 2 heterocycles. The third-order valence-corrected chi connectivity index (χ3v) is 15.2. The van der Waals surface area contributed by atoms with Gasteiger partial charge < -0.3 is 39.7 Å². The molecule has 0 amide bonds. The fourth-order valence-corrected chi connectivity index (χ4v) is 12.5. The summed E-state index contributed by atoms with van der Waals surface area (Å²) >= 11 is 0. The number of aliphatic hydroxyl groups excluding tert-OH is 5. The van der Waals surface area contributed by atoms with Gasteiger partial charge in [-0.15, -0.1) is 0 Å². The average Bonchev–Trinajstić information content (AvgIpc) is 3.23. The number of aliphatic hydroxyl groups is 5. The van der Waals surface area contributed by atoms with Crippen LogP contribution < -0.4 is 0 Å². The average molecular weight is 619 g/mol. The van der Waals surface area contributed by atoms with E-state index in [9.17, 15) is 30.3 Å². The van der Waals surface area contributed by atoms with Crippen molar-refractivity contribution in [1.29, 1.82) is 0 Å². The van der Waals surface area contributed by atoms with Gasteiger partial charge in [-0.2, -0.15) is 0 Å². The van der Waals surface area contributed by atoms with Gasteiger partial charge in [-0.25, -0.2) is 0 Å². The standard InChI is InChI=1S/C35H54O9/c1-29(2)13-22-34(23(38)14-29)18-43-35(22)12-8-21-30(3)10-9-25(44-28-27(41)26(40)19(37)16-42-28)31(4,17-36)20(30)7-11-32(21,5)33(35,6)15-24(34)39/h8,12,19-23,25-28,36-38,40-41H,7,9-11,13-18H2,1-6H3/t19-,20+,21+,22+,23-,25-,26-,27+,28-,30-,31-,32+,33-,34+,35-/m0/s1. The minimum Gasteiger partial charge on any atom is -0.396 e. The quantitative estimate of drug-likeness (QED) is 0.238. The van der Waals surface area contributed by atoms with Gasteiger partial charge in [0.15, 0.2) is 6.29 Å². The lowest BCUT2D eigenvalue weighted by atomic mass is 9.32. The molecule has 2 bridgehead atoms. The van der Waals surface area contributed by atoms with Crippen LogP contribution in [0.15, 0.2) is 12.2 Å². The van der Waals surface area contributed by atoms with Gasteiger partial charge in [0.05, 0.1) is 43.0 Å². The van der Waals surface area contributed by atoms with Gasteiger partial charge >= 0.3 is 0 Å². The summed E-state index contributed by atoms with van der Waals surface area (Å²) in [6.45, 7) is 13.5. The van der Waals surface area contributed by atoms with Crippen LogP contribution in [0.2, 0.25) is 0 Å². The van der Waals surface area contributed by atoms with Crippen molar-refractivity contribution < 1.29 is 44.5 Å². The van der Waals surface area contributed by atoms with Crippen LogP contribution in [0.3, 0.4) is 0 Å². The first-order valence-corrected chi connectivity index (χ1v) is 16.9. The zero-order valence-corrected chi connectivity index (χ0v) is 27.3. The van der Waals surface area contributed by atoms with E-state index in [0.717, 1.165) is 25.7 Å². The monoisotopic (exact) mass is 618 g/mol. The maximum Gasteiger partial charge on any atom is 0.186 e. The summed E-state index contributed by atoms with van der Waals surface area (Å²) in [7, 11) is 0. The predicted molar refractivity (Wildman–Crippen MR) is 160 cm³/mol. The van der Waals surface area contributed by atoms with Crippen molar-refractivity contribution in [3.8, 4) is 0 Å². The number of allylic oxidation sites excluding steroid dienone is 1. The second kappa shape index (κ2) is 9.59.